The summed E-state index contributed by atoms with van der Waals surface area (Å²) in [5.41, 5.74) is 7.43. The lowest BCUT2D eigenvalue weighted by Crippen LogP contribution is -2.32. The predicted octanol–water partition coefficient (Wildman–Crippen LogP) is 0.131. The second kappa shape index (κ2) is 4.15. The topological polar surface area (TPSA) is 79.8 Å². The third kappa shape index (κ3) is 1.58. The molecule has 0 bridgehead atoms. The lowest BCUT2D eigenvalue weighted by atomic mass is 10.2. The van der Waals surface area contributed by atoms with Crippen molar-refractivity contribution < 1.29 is 9.53 Å². The average Bonchev–Trinajstić information content (AvgIpc) is 2.59. The van der Waals surface area contributed by atoms with Gasteiger partial charge < -0.3 is 10.3 Å². The average molecular weight is 228 g/mol. The van der Waals surface area contributed by atoms with E-state index in [4.69, 9.17) is 10.3 Å². The van der Waals surface area contributed by atoms with Crippen LogP contribution in [0.2, 0.25) is 0 Å². The highest BCUT2D eigenvalue weighted by Gasteiger charge is 2.19. The molecule has 2 aromatic rings. The zero-order valence-corrected chi connectivity index (χ0v) is 8.84. The molecular weight excluding hydrogens is 220 g/mol. The third-order valence-electron chi connectivity index (χ3n) is 2.38. The molecule has 0 amide bonds. The highest BCUT2D eigenvalue weighted by atomic mass is 16.5. The molecule has 0 aliphatic heterocycles. The van der Waals surface area contributed by atoms with E-state index in [2.05, 4.69) is 11.4 Å². The standard InChI is InChI=1S/C12H8N2O3/c1-2-6-17-8-5-3-4-7-9(8)12(16)10(14-13)11(7)15/h2-5H,1,6H2. The zero-order valence-electron chi connectivity index (χ0n) is 8.84. The van der Waals surface area contributed by atoms with Gasteiger partial charge in [0.2, 0.25) is 0 Å². The Morgan fingerprint density at radius 3 is 2.76 bits per heavy atom. The molecule has 0 spiro atoms. The minimum atomic E-state index is -0.618. The van der Waals surface area contributed by atoms with Crippen molar-refractivity contribution in [2.24, 2.45) is 0 Å². The van der Waals surface area contributed by atoms with E-state index in [-0.39, 0.29) is 17.4 Å². The van der Waals surface area contributed by atoms with Crippen LogP contribution in [-0.4, -0.2) is 11.4 Å². The van der Waals surface area contributed by atoms with Crippen LogP contribution in [0.15, 0.2) is 40.4 Å². The second-order valence-corrected chi connectivity index (χ2v) is 3.39. The monoisotopic (exact) mass is 228 g/mol. The van der Waals surface area contributed by atoms with Crippen molar-refractivity contribution in [1.82, 2.24) is 0 Å². The van der Waals surface area contributed by atoms with E-state index >= 15 is 0 Å². The number of hydrogen-bond acceptors (Lipinski definition) is 3. The second-order valence-electron chi connectivity index (χ2n) is 3.39. The van der Waals surface area contributed by atoms with E-state index in [0.29, 0.717) is 5.75 Å². The van der Waals surface area contributed by atoms with E-state index in [1.807, 2.05) is 0 Å². The van der Waals surface area contributed by atoms with Crippen molar-refractivity contribution in [3.8, 4) is 5.75 Å². The van der Waals surface area contributed by atoms with Gasteiger partial charge in [0.05, 0.1) is 5.39 Å². The molecule has 2 aromatic carbocycles. The van der Waals surface area contributed by atoms with Gasteiger partial charge in [-0.2, -0.15) is 4.79 Å². The van der Waals surface area contributed by atoms with Gasteiger partial charge in [-0.25, -0.2) is 0 Å². The maximum absolute atomic E-state index is 11.8. The summed E-state index contributed by atoms with van der Waals surface area (Å²) in [6.07, 6.45) is 1.53. The molecule has 5 heteroatoms. The Morgan fingerprint density at radius 1 is 1.35 bits per heavy atom. The van der Waals surface area contributed by atoms with Gasteiger partial charge in [-0.15, -0.1) is 0 Å². The van der Waals surface area contributed by atoms with Gasteiger partial charge >= 0.3 is 5.36 Å². The molecule has 0 atom stereocenters. The summed E-state index contributed by atoms with van der Waals surface area (Å²) in [6, 6.07) is 4.67. The van der Waals surface area contributed by atoms with Gasteiger partial charge in [0.25, 0.3) is 10.9 Å². The van der Waals surface area contributed by atoms with Gasteiger partial charge in [0.15, 0.2) is 0 Å². The summed E-state index contributed by atoms with van der Waals surface area (Å²) < 4.78 is 5.28. The molecular formula is C12H8N2O3. The van der Waals surface area contributed by atoms with Crippen molar-refractivity contribution >= 4 is 10.8 Å². The van der Waals surface area contributed by atoms with Crippen LogP contribution >= 0.6 is 0 Å². The van der Waals surface area contributed by atoms with E-state index in [0.717, 1.165) is 0 Å². The van der Waals surface area contributed by atoms with E-state index in [9.17, 15) is 9.59 Å². The van der Waals surface area contributed by atoms with Crippen molar-refractivity contribution in [2.75, 3.05) is 6.61 Å². The molecule has 0 saturated carbocycles. The Labute approximate surface area is 95.5 Å². The van der Waals surface area contributed by atoms with Gasteiger partial charge in [-0.1, -0.05) is 18.7 Å². The molecule has 5 nitrogen and oxygen atoms in total. The highest BCUT2D eigenvalue weighted by molar-refractivity contribution is 5.88. The van der Waals surface area contributed by atoms with Crippen molar-refractivity contribution in [3.05, 3.63) is 62.2 Å². The zero-order chi connectivity index (χ0) is 12.4. The largest absolute Gasteiger partial charge is 0.489 e. The number of fused-ring (bicyclic) bond motifs is 1. The van der Waals surface area contributed by atoms with Gasteiger partial charge in [0.1, 0.15) is 12.4 Å². The molecule has 0 saturated heterocycles. The molecule has 17 heavy (non-hydrogen) atoms. The number of ether oxygens (including phenoxy) is 1. The van der Waals surface area contributed by atoms with Gasteiger partial charge in [-0.05, 0) is 12.1 Å². The van der Waals surface area contributed by atoms with Crippen molar-refractivity contribution in [3.63, 3.8) is 0 Å². The molecule has 0 heterocycles. The smallest absolute Gasteiger partial charge is 0.410 e. The first kappa shape index (κ1) is 11.0. The summed E-state index contributed by atoms with van der Waals surface area (Å²) in [4.78, 5) is 26.2. The van der Waals surface area contributed by atoms with Crippen molar-refractivity contribution in [2.45, 2.75) is 0 Å². The molecule has 0 aliphatic rings. The number of hydrogen-bond donors (Lipinski definition) is 0. The minimum Gasteiger partial charge on any atom is -0.489 e. The van der Waals surface area contributed by atoms with Crippen LogP contribution < -0.4 is 21.0 Å². The molecule has 84 valence electrons. The SMILES string of the molecule is C=CCOc1cccc2c(=O)c(=[N+]=[N-])c(=O)c12. The van der Waals surface area contributed by atoms with Gasteiger partial charge in [-0.3, -0.25) is 9.59 Å². The fourth-order valence-corrected chi connectivity index (χ4v) is 1.66. The minimum absolute atomic E-state index is 0.146. The summed E-state index contributed by atoms with van der Waals surface area (Å²) in [5, 5.41) is -0.133. The van der Waals surface area contributed by atoms with Crippen LogP contribution in [0.5, 0.6) is 5.75 Å². The normalized spacial score (nSPS) is 10.1. The quantitative estimate of drug-likeness (QED) is 0.425. The molecule has 0 aliphatic carbocycles. The van der Waals surface area contributed by atoms with E-state index < -0.39 is 16.2 Å². The third-order valence-corrected chi connectivity index (χ3v) is 2.38. The highest BCUT2D eigenvalue weighted by Crippen LogP contribution is 2.19. The summed E-state index contributed by atoms with van der Waals surface area (Å²) in [7, 11) is 0. The maximum Gasteiger partial charge on any atom is 0.410 e. The first-order valence-corrected chi connectivity index (χ1v) is 4.89. The van der Waals surface area contributed by atoms with E-state index in [1.165, 1.54) is 12.1 Å². The Bertz CT molecular complexity index is 763. The molecule has 0 unspecified atom stereocenters. The fourth-order valence-electron chi connectivity index (χ4n) is 1.66. The Hall–Kier alpha value is -2.52. The van der Waals surface area contributed by atoms with E-state index in [1.54, 1.807) is 12.1 Å². The summed E-state index contributed by atoms with van der Waals surface area (Å²) >= 11 is 0. The van der Waals surface area contributed by atoms with Crippen LogP contribution in [-0.2, 0) is 0 Å². The van der Waals surface area contributed by atoms with Gasteiger partial charge in [0, 0.05) is 5.39 Å². The number of benzene rings is 1. The van der Waals surface area contributed by atoms with Crippen LogP contribution in [0.25, 0.3) is 16.3 Å². The summed E-state index contributed by atoms with van der Waals surface area (Å²) in [6.45, 7) is 3.72. The van der Waals surface area contributed by atoms with Crippen LogP contribution in [0.4, 0.5) is 0 Å². The van der Waals surface area contributed by atoms with Crippen molar-refractivity contribution in [1.29, 1.82) is 0 Å². The molecule has 0 fully saturated rings. The maximum atomic E-state index is 11.8. The molecule has 2 rings (SSSR count). The van der Waals surface area contributed by atoms with Crippen LogP contribution in [0.3, 0.4) is 0 Å². The number of nitrogens with zero attached hydrogens (tertiary/aromatic N) is 2. The molecule has 0 N–H and O–H groups in total. The Morgan fingerprint density at radius 2 is 2.12 bits per heavy atom. The summed E-state index contributed by atoms with van der Waals surface area (Å²) in [5.74, 6) is 0.291. The molecule has 0 radical (unpaired) electrons. The van der Waals surface area contributed by atoms with Crippen LogP contribution in [0.1, 0.15) is 0 Å². The fraction of sp³-hybridized carbons (Fsp3) is 0.0833. The Kier molecular flexibility index (Phi) is 2.68. The Balaban J connectivity index is 2.91. The lowest BCUT2D eigenvalue weighted by molar-refractivity contribution is -0.0674. The first-order valence-electron chi connectivity index (χ1n) is 4.89. The number of rotatable bonds is 3. The van der Waals surface area contributed by atoms with Crippen LogP contribution in [0, 0.1) is 0 Å². The lowest BCUT2D eigenvalue weighted by Gasteiger charge is -2.02. The first-order chi connectivity index (χ1) is 8.20. The molecule has 0 aromatic heterocycles. The predicted molar refractivity (Wildman–Crippen MR) is 61.3 cm³/mol.